The number of nitrogens with zero attached hydrogens (tertiary/aromatic N) is 1. The maximum absolute atomic E-state index is 12.5. The van der Waals surface area contributed by atoms with Gasteiger partial charge in [0.25, 0.3) is 5.91 Å². The van der Waals surface area contributed by atoms with Gasteiger partial charge in [-0.25, -0.2) is 0 Å². The molecule has 6 heteroatoms. The van der Waals surface area contributed by atoms with Crippen LogP contribution in [-0.2, 0) is 4.79 Å². The minimum Gasteiger partial charge on any atom is -0.490 e. The van der Waals surface area contributed by atoms with Crippen LogP contribution in [0, 0.1) is 18.3 Å². The van der Waals surface area contributed by atoms with Gasteiger partial charge in [-0.05, 0) is 85.1 Å². The van der Waals surface area contributed by atoms with Gasteiger partial charge in [-0.1, -0.05) is 12.1 Å². The molecular formula is C22H23BrN2O3. The number of ether oxygens (including phenoxy) is 2. The molecule has 0 spiro atoms. The van der Waals surface area contributed by atoms with Crippen molar-refractivity contribution in [3.8, 4) is 17.6 Å². The second-order valence-corrected chi connectivity index (χ2v) is 7.28. The standard InChI is InChI=1S/C22H23BrN2O3/c1-5-27-20-12-16(11-19(23)21(20)28-14(2)3)10-17(13-24)22(26)25-18-8-6-7-15(4)9-18/h6-12,14H,5H2,1-4H3,(H,25,26)/b17-10+. The number of halogens is 1. The van der Waals surface area contributed by atoms with E-state index in [0.717, 1.165) is 5.56 Å². The van der Waals surface area contributed by atoms with Crippen molar-refractivity contribution in [1.82, 2.24) is 0 Å². The number of hydrogen-bond acceptors (Lipinski definition) is 4. The quantitative estimate of drug-likeness (QED) is 0.454. The van der Waals surface area contributed by atoms with Crippen molar-refractivity contribution in [2.24, 2.45) is 0 Å². The highest BCUT2D eigenvalue weighted by Crippen LogP contribution is 2.38. The first-order valence-corrected chi connectivity index (χ1v) is 9.76. The predicted molar refractivity (Wildman–Crippen MR) is 114 cm³/mol. The van der Waals surface area contributed by atoms with Crippen molar-refractivity contribution in [3.05, 3.63) is 57.6 Å². The van der Waals surface area contributed by atoms with Crippen LogP contribution >= 0.6 is 15.9 Å². The molecule has 0 heterocycles. The fourth-order valence-corrected chi connectivity index (χ4v) is 3.07. The third-order valence-corrected chi connectivity index (χ3v) is 4.23. The van der Waals surface area contributed by atoms with Gasteiger partial charge in [0, 0.05) is 5.69 Å². The SMILES string of the molecule is CCOc1cc(/C=C(\C#N)C(=O)Nc2cccc(C)c2)cc(Br)c1OC(C)C. The van der Waals surface area contributed by atoms with Gasteiger partial charge in [-0.15, -0.1) is 0 Å². The van der Waals surface area contributed by atoms with Gasteiger partial charge in [0.1, 0.15) is 11.6 Å². The smallest absolute Gasteiger partial charge is 0.266 e. The van der Waals surface area contributed by atoms with E-state index in [1.165, 1.54) is 6.08 Å². The molecular weight excluding hydrogens is 420 g/mol. The van der Waals surface area contributed by atoms with Crippen molar-refractivity contribution in [2.75, 3.05) is 11.9 Å². The first-order valence-electron chi connectivity index (χ1n) is 8.96. The average Bonchev–Trinajstić information content (AvgIpc) is 2.62. The maximum atomic E-state index is 12.5. The number of amides is 1. The van der Waals surface area contributed by atoms with Crippen LogP contribution < -0.4 is 14.8 Å². The summed E-state index contributed by atoms with van der Waals surface area (Å²) >= 11 is 3.49. The van der Waals surface area contributed by atoms with E-state index in [0.29, 0.717) is 33.8 Å². The van der Waals surface area contributed by atoms with Gasteiger partial charge in [0.05, 0.1) is 17.2 Å². The molecule has 0 fully saturated rings. The minimum atomic E-state index is -0.468. The summed E-state index contributed by atoms with van der Waals surface area (Å²) in [5.41, 5.74) is 2.31. The lowest BCUT2D eigenvalue weighted by atomic mass is 10.1. The third kappa shape index (κ3) is 5.86. The van der Waals surface area contributed by atoms with Crippen molar-refractivity contribution in [1.29, 1.82) is 5.26 Å². The number of hydrogen-bond donors (Lipinski definition) is 1. The van der Waals surface area contributed by atoms with E-state index in [1.807, 2.05) is 52.0 Å². The number of carbonyl (C=O) groups excluding carboxylic acids is 1. The van der Waals surface area contributed by atoms with Gasteiger partial charge < -0.3 is 14.8 Å². The molecule has 0 saturated carbocycles. The van der Waals surface area contributed by atoms with Crippen molar-refractivity contribution in [3.63, 3.8) is 0 Å². The number of nitriles is 1. The fraction of sp³-hybridized carbons (Fsp3) is 0.273. The van der Waals surface area contributed by atoms with Crippen LogP contribution in [0.5, 0.6) is 11.5 Å². The highest BCUT2D eigenvalue weighted by atomic mass is 79.9. The molecule has 0 saturated heterocycles. The highest BCUT2D eigenvalue weighted by Gasteiger charge is 2.15. The molecule has 0 radical (unpaired) electrons. The molecule has 0 aliphatic carbocycles. The molecule has 146 valence electrons. The van der Waals surface area contributed by atoms with Gasteiger partial charge in [0.15, 0.2) is 11.5 Å². The summed E-state index contributed by atoms with van der Waals surface area (Å²) in [4.78, 5) is 12.5. The van der Waals surface area contributed by atoms with E-state index in [1.54, 1.807) is 18.2 Å². The molecule has 0 aliphatic heterocycles. The first kappa shape index (κ1) is 21.5. The van der Waals surface area contributed by atoms with Gasteiger partial charge >= 0.3 is 0 Å². The summed E-state index contributed by atoms with van der Waals surface area (Å²) in [5, 5.41) is 12.2. The van der Waals surface area contributed by atoms with Crippen LogP contribution in [0.3, 0.4) is 0 Å². The number of nitrogens with one attached hydrogen (secondary N) is 1. The van der Waals surface area contributed by atoms with Crippen LogP contribution in [0.25, 0.3) is 6.08 Å². The lowest BCUT2D eigenvalue weighted by Gasteiger charge is -2.17. The molecule has 0 aliphatic rings. The Hall–Kier alpha value is -2.78. The molecule has 0 atom stereocenters. The van der Waals surface area contributed by atoms with E-state index in [4.69, 9.17) is 9.47 Å². The Morgan fingerprint density at radius 2 is 2.07 bits per heavy atom. The zero-order valence-electron chi connectivity index (χ0n) is 16.4. The van der Waals surface area contributed by atoms with Gasteiger partial charge in [-0.2, -0.15) is 5.26 Å². The van der Waals surface area contributed by atoms with E-state index >= 15 is 0 Å². The Balaban J connectivity index is 2.34. The summed E-state index contributed by atoms with van der Waals surface area (Å²) in [5.74, 6) is 0.676. The summed E-state index contributed by atoms with van der Waals surface area (Å²) in [6.45, 7) is 8.14. The highest BCUT2D eigenvalue weighted by molar-refractivity contribution is 9.10. The number of benzene rings is 2. The maximum Gasteiger partial charge on any atom is 0.266 e. The fourth-order valence-electron chi connectivity index (χ4n) is 2.52. The summed E-state index contributed by atoms with van der Waals surface area (Å²) < 4.78 is 12.2. The largest absolute Gasteiger partial charge is 0.490 e. The molecule has 2 rings (SSSR count). The van der Waals surface area contributed by atoms with Gasteiger partial charge in [0.2, 0.25) is 0 Å². The van der Waals surface area contributed by atoms with Crippen LogP contribution in [0.4, 0.5) is 5.69 Å². The molecule has 2 aromatic carbocycles. The van der Waals surface area contributed by atoms with Crippen LogP contribution in [-0.4, -0.2) is 18.6 Å². The molecule has 28 heavy (non-hydrogen) atoms. The number of aryl methyl sites for hydroxylation is 1. The lowest BCUT2D eigenvalue weighted by molar-refractivity contribution is -0.112. The zero-order chi connectivity index (χ0) is 20.7. The third-order valence-electron chi connectivity index (χ3n) is 3.64. The molecule has 1 amide bonds. The van der Waals surface area contributed by atoms with Gasteiger partial charge in [-0.3, -0.25) is 4.79 Å². The molecule has 0 bridgehead atoms. The Labute approximate surface area is 174 Å². The van der Waals surface area contributed by atoms with Crippen molar-refractivity contribution in [2.45, 2.75) is 33.8 Å². The first-order chi connectivity index (χ1) is 13.3. The Morgan fingerprint density at radius 3 is 2.68 bits per heavy atom. The van der Waals surface area contributed by atoms with Crippen molar-refractivity contribution >= 4 is 33.6 Å². The Morgan fingerprint density at radius 1 is 1.32 bits per heavy atom. The summed E-state index contributed by atoms with van der Waals surface area (Å²) in [7, 11) is 0. The molecule has 1 N–H and O–H groups in total. The molecule has 0 unspecified atom stereocenters. The van der Waals surface area contributed by atoms with Crippen molar-refractivity contribution < 1.29 is 14.3 Å². The van der Waals surface area contributed by atoms with Crippen LogP contribution in [0.15, 0.2) is 46.4 Å². The lowest BCUT2D eigenvalue weighted by Crippen LogP contribution is -2.13. The summed E-state index contributed by atoms with van der Waals surface area (Å²) in [6.07, 6.45) is 1.50. The second-order valence-electron chi connectivity index (χ2n) is 6.42. The molecule has 0 aromatic heterocycles. The predicted octanol–water partition coefficient (Wildman–Crippen LogP) is 5.49. The van der Waals surface area contributed by atoms with E-state index in [2.05, 4.69) is 21.2 Å². The molecule has 2 aromatic rings. The van der Waals surface area contributed by atoms with Crippen LogP contribution in [0.2, 0.25) is 0 Å². The van der Waals surface area contributed by atoms with E-state index in [-0.39, 0.29) is 11.7 Å². The monoisotopic (exact) mass is 442 g/mol. The normalized spacial score (nSPS) is 11.1. The van der Waals surface area contributed by atoms with Crippen LogP contribution in [0.1, 0.15) is 31.9 Å². The second kappa shape index (κ2) is 9.95. The number of anilines is 1. The average molecular weight is 443 g/mol. The number of rotatable bonds is 7. The van der Waals surface area contributed by atoms with E-state index < -0.39 is 5.91 Å². The number of carbonyl (C=O) groups is 1. The minimum absolute atomic E-state index is 0.00613. The zero-order valence-corrected chi connectivity index (χ0v) is 18.0. The Bertz CT molecular complexity index is 930. The summed E-state index contributed by atoms with van der Waals surface area (Å²) in [6, 6.07) is 12.9. The Kier molecular flexibility index (Phi) is 7.65. The topological polar surface area (TPSA) is 71.3 Å². The molecule has 5 nitrogen and oxygen atoms in total. The van der Waals surface area contributed by atoms with E-state index in [9.17, 15) is 10.1 Å².